The minimum absolute atomic E-state index is 0.583. The van der Waals surface area contributed by atoms with E-state index < -0.39 is 0 Å². The van der Waals surface area contributed by atoms with Gasteiger partial charge in [-0.05, 0) is 36.5 Å². The van der Waals surface area contributed by atoms with Crippen LogP contribution >= 0.6 is 0 Å². The summed E-state index contributed by atoms with van der Waals surface area (Å²) in [5, 5.41) is 0. The average molecular weight is 204 g/mol. The highest BCUT2D eigenvalue weighted by Gasteiger charge is 1.98. The summed E-state index contributed by atoms with van der Waals surface area (Å²) in [6.45, 7) is 8.84. The Morgan fingerprint density at radius 3 is 2.47 bits per heavy atom. The van der Waals surface area contributed by atoms with Crippen molar-refractivity contribution >= 4 is 0 Å². The van der Waals surface area contributed by atoms with E-state index in [0.717, 1.165) is 25.2 Å². The van der Waals surface area contributed by atoms with Crippen LogP contribution in [0, 0.1) is 0 Å². The van der Waals surface area contributed by atoms with Crippen molar-refractivity contribution in [3.63, 3.8) is 0 Å². The van der Waals surface area contributed by atoms with E-state index in [1.165, 1.54) is 5.56 Å². The van der Waals surface area contributed by atoms with Gasteiger partial charge in [0.05, 0.1) is 6.61 Å². The number of hydrogen-bond donors (Lipinski definition) is 0. The number of ether oxygens (including phenoxy) is 1. The van der Waals surface area contributed by atoms with Gasteiger partial charge in [0.25, 0.3) is 0 Å². The maximum atomic E-state index is 5.60. The molecule has 0 heterocycles. The molecule has 1 nitrogen and oxygen atoms in total. The molecule has 0 unspecified atom stereocenters. The van der Waals surface area contributed by atoms with Gasteiger partial charge in [-0.3, -0.25) is 0 Å². The smallest absolute Gasteiger partial charge is 0.119 e. The fourth-order valence-electron chi connectivity index (χ4n) is 1.37. The van der Waals surface area contributed by atoms with Crippen LogP contribution in [0.15, 0.2) is 36.9 Å². The van der Waals surface area contributed by atoms with Gasteiger partial charge in [-0.1, -0.05) is 32.1 Å². The lowest BCUT2D eigenvalue weighted by molar-refractivity contribution is 0.312. The second-order valence-corrected chi connectivity index (χ2v) is 4.00. The van der Waals surface area contributed by atoms with Crippen LogP contribution in [0.4, 0.5) is 0 Å². The van der Waals surface area contributed by atoms with E-state index in [1.54, 1.807) is 0 Å². The maximum Gasteiger partial charge on any atom is 0.119 e. The van der Waals surface area contributed by atoms with Crippen LogP contribution in [-0.4, -0.2) is 6.61 Å². The molecule has 0 aliphatic heterocycles. The van der Waals surface area contributed by atoms with Crippen molar-refractivity contribution in [2.24, 2.45) is 0 Å². The zero-order valence-electron chi connectivity index (χ0n) is 9.70. The zero-order chi connectivity index (χ0) is 11.1. The third kappa shape index (κ3) is 4.20. The first-order valence-electron chi connectivity index (χ1n) is 5.57. The first-order valence-corrected chi connectivity index (χ1v) is 5.57. The third-order valence-electron chi connectivity index (χ3n) is 2.37. The van der Waals surface area contributed by atoms with Crippen LogP contribution in [0.5, 0.6) is 5.75 Å². The molecule has 0 atom stereocenters. The Labute approximate surface area is 92.8 Å². The van der Waals surface area contributed by atoms with Gasteiger partial charge in [0, 0.05) is 0 Å². The number of unbranched alkanes of at least 4 members (excludes halogenated alkanes) is 1. The summed E-state index contributed by atoms with van der Waals surface area (Å²) in [5.74, 6) is 1.54. The van der Waals surface area contributed by atoms with E-state index in [2.05, 4.69) is 32.6 Å². The van der Waals surface area contributed by atoms with Crippen LogP contribution in [0.3, 0.4) is 0 Å². The van der Waals surface area contributed by atoms with Crippen molar-refractivity contribution < 1.29 is 4.74 Å². The molecule has 0 spiro atoms. The largest absolute Gasteiger partial charge is 0.494 e. The highest BCUT2D eigenvalue weighted by molar-refractivity contribution is 5.28. The predicted molar refractivity (Wildman–Crippen MR) is 65.5 cm³/mol. The molecule has 0 aromatic heterocycles. The number of rotatable bonds is 6. The van der Waals surface area contributed by atoms with Crippen LogP contribution in [0.25, 0.3) is 0 Å². The molecule has 15 heavy (non-hydrogen) atoms. The molecule has 0 N–H and O–H groups in total. The van der Waals surface area contributed by atoms with Crippen molar-refractivity contribution in [1.29, 1.82) is 0 Å². The lowest BCUT2D eigenvalue weighted by Gasteiger charge is -2.08. The van der Waals surface area contributed by atoms with Gasteiger partial charge < -0.3 is 4.74 Å². The molecule has 1 aromatic rings. The number of hydrogen-bond acceptors (Lipinski definition) is 1. The fraction of sp³-hybridized carbons (Fsp3) is 0.429. The summed E-state index contributed by atoms with van der Waals surface area (Å²) in [6.07, 6.45) is 3.98. The van der Waals surface area contributed by atoms with Gasteiger partial charge in [-0.2, -0.15) is 0 Å². The van der Waals surface area contributed by atoms with Gasteiger partial charge in [-0.15, -0.1) is 6.58 Å². The highest BCUT2D eigenvalue weighted by atomic mass is 16.5. The molecule has 0 radical (unpaired) electrons. The second-order valence-electron chi connectivity index (χ2n) is 4.00. The Kier molecular flexibility index (Phi) is 4.96. The lowest BCUT2D eigenvalue weighted by Crippen LogP contribution is -1.96. The van der Waals surface area contributed by atoms with Crippen LogP contribution in [0.2, 0.25) is 0 Å². The summed E-state index contributed by atoms with van der Waals surface area (Å²) in [6, 6.07) is 8.35. The van der Waals surface area contributed by atoms with Crippen LogP contribution in [0.1, 0.15) is 38.2 Å². The monoisotopic (exact) mass is 204 g/mol. The minimum Gasteiger partial charge on any atom is -0.494 e. The van der Waals surface area contributed by atoms with E-state index >= 15 is 0 Å². The van der Waals surface area contributed by atoms with Crippen molar-refractivity contribution in [3.8, 4) is 5.75 Å². The molecule has 0 saturated carbocycles. The summed E-state index contributed by atoms with van der Waals surface area (Å²) in [5.41, 5.74) is 1.36. The van der Waals surface area contributed by atoms with Crippen LogP contribution in [-0.2, 0) is 0 Å². The Hall–Kier alpha value is -1.24. The minimum atomic E-state index is 0.583. The average Bonchev–Trinajstić information content (AvgIpc) is 2.25. The molecule has 1 heteroatoms. The molecule has 82 valence electrons. The van der Waals surface area contributed by atoms with Crippen molar-refractivity contribution in [3.05, 3.63) is 42.5 Å². The zero-order valence-corrected chi connectivity index (χ0v) is 9.70. The summed E-state index contributed by atoms with van der Waals surface area (Å²) >= 11 is 0. The van der Waals surface area contributed by atoms with E-state index in [-0.39, 0.29) is 0 Å². The molecule has 0 amide bonds. The van der Waals surface area contributed by atoms with Gasteiger partial charge in [-0.25, -0.2) is 0 Å². The van der Waals surface area contributed by atoms with E-state index in [0.29, 0.717) is 5.92 Å². The van der Waals surface area contributed by atoms with Crippen molar-refractivity contribution in [2.45, 2.75) is 32.6 Å². The first kappa shape index (κ1) is 11.8. The summed E-state index contributed by atoms with van der Waals surface area (Å²) < 4.78 is 5.60. The molecular weight excluding hydrogens is 184 g/mol. The topological polar surface area (TPSA) is 9.23 Å². The van der Waals surface area contributed by atoms with Gasteiger partial charge >= 0.3 is 0 Å². The predicted octanol–water partition coefficient (Wildman–Crippen LogP) is 4.16. The standard InChI is InChI=1S/C14H20O/c1-4-5-6-11-15-14-9-7-13(8-10-14)12(2)3/h4,7-10,12H,1,5-6,11H2,2-3H3. The van der Waals surface area contributed by atoms with Crippen molar-refractivity contribution in [2.75, 3.05) is 6.61 Å². The molecular formula is C14H20O. The van der Waals surface area contributed by atoms with Gasteiger partial charge in [0.2, 0.25) is 0 Å². The van der Waals surface area contributed by atoms with E-state index in [4.69, 9.17) is 4.74 Å². The number of benzene rings is 1. The lowest BCUT2D eigenvalue weighted by atomic mass is 10.0. The van der Waals surface area contributed by atoms with Gasteiger partial charge in [0.1, 0.15) is 5.75 Å². The molecule has 1 aromatic carbocycles. The molecule has 0 aliphatic rings. The van der Waals surface area contributed by atoms with Gasteiger partial charge in [0.15, 0.2) is 0 Å². The molecule has 0 bridgehead atoms. The highest BCUT2D eigenvalue weighted by Crippen LogP contribution is 2.18. The van der Waals surface area contributed by atoms with Crippen LogP contribution < -0.4 is 4.74 Å². The Morgan fingerprint density at radius 2 is 1.93 bits per heavy atom. The normalized spacial score (nSPS) is 10.3. The Balaban J connectivity index is 2.39. The molecule has 0 fully saturated rings. The van der Waals surface area contributed by atoms with Crippen molar-refractivity contribution in [1.82, 2.24) is 0 Å². The quantitative estimate of drug-likeness (QED) is 0.499. The Bertz CT molecular complexity index is 285. The SMILES string of the molecule is C=CCCCOc1ccc(C(C)C)cc1. The number of allylic oxidation sites excluding steroid dienone is 1. The summed E-state index contributed by atoms with van der Waals surface area (Å²) in [7, 11) is 0. The third-order valence-corrected chi connectivity index (χ3v) is 2.37. The molecule has 0 saturated heterocycles. The second kappa shape index (κ2) is 6.28. The Morgan fingerprint density at radius 1 is 1.27 bits per heavy atom. The fourth-order valence-corrected chi connectivity index (χ4v) is 1.37. The van der Waals surface area contributed by atoms with E-state index in [1.807, 2.05) is 18.2 Å². The van der Waals surface area contributed by atoms with E-state index in [9.17, 15) is 0 Å². The first-order chi connectivity index (χ1) is 7.24. The molecule has 0 aliphatic carbocycles. The summed E-state index contributed by atoms with van der Waals surface area (Å²) in [4.78, 5) is 0. The maximum absolute atomic E-state index is 5.60. The molecule has 1 rings (SSSR count).